The third-order valence-corrected chi connectivity index (χ3v) is 9.38. The number of benzene rings is 7. The lowest BCUT2D eigenvalue weighted by Gasteiger charge is -2.12. The van der Waals surface area contributed by atoms with Crippen LogP contribution >= 0.6 is 11.3 Å². The molecule has 0 amide bonds. The Labute approximate surface area is 228 Å². The van der Waals surface area contributed by atoms with E-state index in [9.17, 15) is 0 Å². The molecule has 0 atom stereocenters. The van der Waals surface area contributed by atoms with Crippen LogP contribution in [-0.2, 0) is 0 Å². The average molecular weight is 512 g/mol. The third-order valence-electron chi connectivity index (χ3n) is 8.26. The van der Waals surface area contributed by atoms with Crippen molar-refractivity contribution in [1.82, 2.24) is 4.98 Å². The van der Waals surface area contributed by atoms with Crippen LogP contribution in [0.3, 0.4) is 0 Å². The molecule has 0 N–H and O–H groups in total. The number of rotatable bonds is 2. The molecule has 0 spiro atoms. The predicted octanol–water partition coefficient (Wildman–Crippen LogP) is 10.8. The Balaban J connectivity index is 1.20. The van der Waals surface area contributed by atoms with Gasteiger partial charge in [-0.05, 0) is 79.2 Å². The van der Waals surface area contributed by atoms with Gasteiger partial charge in [0.05, 0.1) is 5.69 Å². The highest BCUT2D eigenvalue weighted by molar-refractivity contribution is 7.26. The highest BCUT2D eigenvalue weighted by atomic mass is 32.1. The molecule has 0 radical (unpaired) electrons. The summed E-state index contributed by atoms with van der Waals surface area (Å²) in [5.74, 6) is 0. The zero-order chi connectivity index (χ0) is 25.5. The lowest BCUT2D eigenvalue weighted by Crippen LogP contribution is -1.88. The van der Waals surface area contributed by atoms with Gasteiger partial charge in [-0.15, -0.1) is 11.3 Å². The molecule has 0 saturated heterocycles. The van der Waals surface area contributed by atoms with E-state index < -0.39 is 0 Å². The SMILES string of the molecule is c1ccc2c(c1)ccc1c(-c3ccc4cc(-c5ccc6sc7cccc8ccc5c6c87)ccc4c3)nccc12. The zero-order valence-corrected chi connectivity index (χ0v) is 21.8. The van der Waals surface area contributed by atoms with E-state index in [0.29, 0.717) is 0 Å². The smallest absolute Gasteiger partial charge is 0.0780 e. The minimum Gasteiger partial charge on any atom is -0.256 e. The van der Waals surface area contributed by atoms with Gasteiger partial charge in [-0.3, -0.25) is 4.98 Å². The van der Waals surface area contributed by atoms with Crippen LogP contribution in [0.4, 0.5) is 0 Å². The van der Waals surface area contributed by atoms with Gasteiger partial charge in [-0.1, -0.05) is 91.0 Å². The molecule has 9 rings (SSSR count). The van der Waals surface area contributed by atoms with Crippen LogP contribution in [0.2, 0.25) is 0 Å². The summed E-state index contributed by atoms with van der Waals surface area (Å²) in [4.78, 5) is 4.83. The molecule has 0 fully saturated rings. The second-order valence-corrected chi connectivity index (χ2v) is 11.5. The summed E-state index contributed by atoms with van der Waals surface area (Å²) in [5.41, 5.74) is 4.73. The summed E-state index contributed by atoms with van der Waals surface area (Å²) in [7, 11) is 0. The average Bonchev–Trinajstić information content (AvgIpc) is 3.39. The first-order valence-corrected chi connectivity index (χ1v) is 14.1. The Kier molecular flexibility index (Phi) is 4.27. The van der Waals surface area contributed by atoms with Gasteiger partial charge in [0.1, 0.15) is 0 Å². The minimum atomic E-state index is 1.03. The summed E-state index contributed by atoms with van der Waals surface area (Å²) >= 11 is 1.89. The monoisotopic (exact) mass is 511 g/mol. The van der Waals surface area contributed by atoms with Crippen molar-refractivity contribution in [3.8, 4) is 22.4 Å². The molecule has 0 aliphatic rings. The van der Waals surface area contributed by atoms with Crippen molar-refractivity contribution in [3.05, 3.63) is 128 Å². The van der Waals surface area contributed by atoms with E-state index in [0.717, 1.165) is 11.3 Å². The lowest BCUT2D eigenvalue weighted by atomic mass is 9.93. The summed E-state index contributed by atoms with van der Waals surface area (Å²) < 4.78 is 2.73. The second-order valence-electron chi connectivity index (χ2n) is 10.4. The maximum absolute atomic E-state index is 4.83. The lowest BCUT2D eigenvalue weighted by molar-refractivity contribution is 1.36. The van der Waals surface area contributed by atoms with Crippen LogP contribution in [0.5, 0.6) is 0 Å². The molecule has 1 nitrogen and oxygen atoms in total. The fourth-order valence-corrected chi connectivity index (χ4v) is 7.58. The van der Waals surface area contributed by atoms with Crippen molar-refractivity contribution < 1.29 is 0 Å². The van der Waals surface area contributed by atoms with Crippen LogP contribution in [0.15, 0.2) is 128 Å². The van der Waals surface area contributed by atoms with Gasteiger partial charge >= 0.3 is 0 Å². The van der Waals surface area contributed by atoms with Crippen LogP contribution in [0.25, 0.3) is 85.6 Å². The number of fused-ring (bicyclic) bond motifs is 4. The standard InChI is InChI=1S/C37H21NS/c1-2-6-28-22(4-1)12-15-32-30(28)18-19-38-37(32)27-11-9-24-20-26(10-8-25(24)21-27)29-16-17-34-36-31(29)14-13-23-5-3-7-33(39-34)35(23)36/h1-21H. The van der Waals surface area contributed by atoms with Gasteiger partial charge in [-0.25, -0.2) is 0 Å². The van der Waals surface area contributed by atoms with Gasteiger partial charge in [0, 0.05) is 37.3 Å². The maximum Gasteiger partial charge on any atom is 0.0780 e. The van der Waals surface area contributed by atoms with Crippen LogP contribution < -0.4 is 0 Å². The maximum atomic E-state index is 4.83. The molecule has 39 heavy (non-hydrogen) atoms. The van der Waals surface area contributed by atoms with E-state index in [4.69, 9.17) is 4.98 Å². The Hall–Kier alpha value is -4.79. The molecular weight excluding hydrogens is 490 g/mol. The molecule has 9 aromatic rings. The van der Waals surface area contributed by atoms with E-state index in [2.05, 4.69) is 121 Å². The third kappa shape index (κ3) is 3.04. The fourth-order valence-electron chi connectivity index (χ4n) is 6.43. The summed E-state index contributed by atoms with van der Waals surface area (Å²) in [6.07, 6.45) is 1.94. The zero-order valence-electron chi connectivity index (χ0n) is 21.0. The molecule has 180 valence electrons. The van der Waals surface area contributed by atoms with Crippen molar-refractivity contribution in [2.75, 3.05) is 0 Å². The number of hydrogen-bond donors (Lipinski definition) is 0. The molecule has 0 saturated carbocycles. The highest BCUT2D eigenvalue weighted by Crippen LogP contribution is 2.44. The Morgan fingerprint density at radius 2 is 1.18 bits per heavy atom. The van der Waals surface area contributed by atoms with Gasteiger partial charge in [0.15, 0.2) is 0 Å². The molecule has 0 aliphatic carbocycles. The van der Waals surface area contributed by atoms with Crippen molar-refractivity contribution in [2.45, 2.75) is 0 Å². The van der Waals surface area contributed by atoms with E-state index in [1.54, 1.807) is 0 Å². The molecule has 2 heteroatoms. The van der Waals surface area contributed by atoms with E-state index in [-0.39, 0.29) is 0 Å². The molecular formula is C37H21NS. The molecule has 2 heterocycles. The highest BCUT2D eigenvalue weighted by Gasteiger charge is 2.15. The fraction of sp³-hybridized carbons (Fsp3) is 0. The molecule has 0 bridgehead atoms. The Morgan fingerprint density at radius 1 is 0.436 bits per heavy atom. The van der Waals surface area contributed by atoms with Crippen molar-refractivity contribution >= 4 is 74.6 Å². The van der Waals surface area contributed by atoms with Crippen LogP contribution in [-0.4, -0.2) is 4.98 Å². The van der Waals surface area contributed by atoms with Gasteiger partial charge in [-0.2, -0.15) is 0 Å². The summed E-state index contributed by atoms with van der Waals surface area (Å²) in [6, 6.07) is 44.5. The number of aromatic nitrogens is 1. The topological polar surface area (TPSA) is 12.9 Å². The van der Waals surface area contributed by atoms with Gasteiger partial charge in [0.2, 0.25) is 0 Å². The number of hydrogen-bond acceptors (Lipinski definition) is 2. The van der Waals surface area contributed by atoms with E-state index in [1.807, 2.05) is 17.5 Å². The molecule has 7 aromatic carbocycles. The minimum absolute atomic E-state index is 1.03. The van der Waals surface area contributed by atoms with Crippen molar-refractivity contribution in [1.29, 1.82) is 0 Å². The molecule has 0 unspecified atom stereocenters. The summed E-state index contributed by atoms with van der Waals surface area (Å²) in [6.45, 7) is 0. The van der Waals surface area contributed by atoms with Crippen LogP contribution in [0, 0.1) is 0 Å². The van der Waals surface area contributed by atoms with E-state index in [1.165, 1.54) is 74.4 Å². The molecule has 2 aromatic heterocycles. The largest absolute Gasteiger partial charge is 0.256 e. The summed E-state index contributed by atoms with van der Waals surface area (Å²) in [5, 5.41) is 12.9. The number of thiophene rings is 1. The van der Waals surface area contributed by atoms with Crippen LogP contribution in [0.1, 0.15) is 0 Å². The molecule has 0 aliphatic heterocycles. The first-order chi connectivity index (χ1) is 19.3. The van der Waals surface area contributed by atoms with Gasteiger partial charge < -0.3 is 0 Å². The van der Waals surface area contributed by atoms with E-state index >= 15 is 0 Å². The van der Waals surface area contributed by atoms with Crippen molar-refractivity contribution in [3.63, 3.8) is 0 Å². The quantitative estimate of drug-likeness (QED) is 0.210. The van der Waals surface area contributed by atoms with Crippen molar-refractivity contribution in [2.24, 2.45) is 0 Å². The second kappa shape index (κ2) is 7.86. The Morgan fingerprint density at radius 3 is 2.13 bits per heavy atom. The Bertz CT molecular complexity index is 2390. The van der Waals surface area contributed by atoms with Gasteiger partial charge in [0.25, 0.3) is 0 Å². The predicted molar refractivity (Wildman–Crippen MR) is 169 cm³/mol. The normalized spacial score (nSPS) is 12.1. The number of pyridine rings is 1. The first-order valence-electron chi connectivity index (χ1n) is 13.3. The first kappa shape index (κ1) is 21.2. The number of nitrogens with zero attached hydrogens (tertiary/aromatic N) is 1.